The summed E-state index contributed by atoms with van der Waals surface area (Å²) in [4.78, 5) is 93.4. The van der Waals surface area contributed by atoms with Gasteiger partial charge in [0.2, 0.25) is 11.8 Å². The number of hydrogen-bond acceptors (Lipinski definition) is 16. The number of carbonyl (C=O) groups excluding carboxylic acids is 5. The van der Waals surface area contributed by atoms with E-state index in [4.69, 9.17) is 5.11 Å². The molecule has 0 unspecified atom stereocenters. The number of amides is 4. The number of ether oxygens (including phenoxy) is 1. The van der Waals surface area contributed by atoms with E-state index in [1.807, 2.05) is 22.9 Å². The van der Waals surface area contributed by atoms with Crippen molar-refractivity contribution in [3.63, 3.8) is 0 Å². The van der Waals surface area contributed by atoms with Crippen molar-refractivity contribution in [2.24, 2.45) is 0 Å². The summed E-state index contributed by atoms with van der Waals surface area (Å²) in [6, 6.07) is 33.1. The number of benzene rings is 4. The van der Waals surface area contributed by atoms with Crippen molar-refractivity contribution in [2.75, 3.05) is 33.3 Å². The first-order chi connectivity index (χ1) is 50.6. The first-order valence-electron chi connectivity index (χ1n) is 30.8. The molecular formula is C70H58Br3F4I6N16O8S-. The fourth-order valence-electron chi connectivity index (χ4n) is 10.8. The largest absolute Gasteiger partial charge is 0.476 e. The van der Waals surface area contributed by atoms with Crippen molar-refractivity contribution in [3.8, 4) is 56.2 Å². The third-order valence-electron chi connectivity index (χ3n) is 16.2. The van der Waals surface area contributed by atoms with Crippen molar-refractivity contribution in [3.05, 3.63) is 222 Å². The van der Waals surface area contributed by atoms with Crippen molar-refractivity contribution in [2.45, 2.75) is 46.2 Å². The zero-order valence-corrected chi connectivity index (χ0v) is 74.5. The molecule has 2 aliphatic rings. The van der Waals surface area contributed by atoms with Gasteiger partial charge in [0.25, 0.3) is 11.8 Å². The molecule has 0 radical (unpaired) electrons. The number of carbonyl (C=O) groups is 6. The summed E-state index contributed by atoms with van der Waals surface area (Å²) in [6.45, 7) is 8.45. The molecular weight excluding hydrogens is 2300 g/mol. The molecule has 108 heavy (non-hydrogen) atoms. The normalized spacial score (nSPS) is 13.3. The number of aromatic nitrogens is 12. The summed E-state index contributed by atoms with van der Waals surface area (Å²) in [7, 11) is 1.29. The zero-order chi connectivity index (χ0) is 76.5. The summed E-state index contributed by atoms with van der Waals surface area (Å²) in [6.07, 6.45) is 5.94. The van der Waals surface area contributed by atoms with E-state index >= 15 is 0 Å². The Morgan fingerprint density at radius 1 is 0.509 bits per heavy atom. The molecule has 24 nitrogen and oxygen atoms in total. The van der Waals surface area contributed by atoms with Gasteiger partial charge in [-0.1, -0.05) is 7.43 Å². The van der Waals surface area contributed by atoms with Gasteiger partial charge >= 0.3 is 62.4 Å². The van der Waals surface area contributed by atoms with Gasteiger partial charge in [0.05, 0.1) is 68.1 Å². The van der Waals surface area contributed by atoms with E-state index in [2.05, 4.69) is 178 Å². The molecule has 4 amide bonds. The summed E-state index contributed by atoms with van der Waals surface area (Å²) in [5, 5.41) is 36.2. The van der Waals surface area contributed by atoms with Gasteiger partial charge in [0, 0.05) is 91.2 Å². The number of carboxylic acids is 1. The molecule has 13 aromatic rings. The molecule has 0 aliphatic carbocycles. The number of imidazole rings is 4. The van der Waals surface area contributed by atoms with Gasteiger partial charge in [-0.15, -0.1) is 24.0 Å². The molecule has 15 rings (SSSR count). The number of nitrogens with zero attached hydrogens (tertiary/aromatic N) is 14. The second-order valence-electron chi connectivity index (χ2n) is 23.6. The molecule has 2 saturated heterocycles. The first kappa shape index (κ1) is 87.0. The van der Waals surface area contributed by atoms with E-state index in [0.717, 1.165) is 33.4 Å². The molecule has 4 aromatic carbocycles. The third kappa shape index (κ3) is 20.2. The Bertz CT molecular complexity index is 5440. The van der Waals surface area contributed by atoms with Crippen molar-refractivity contribution >= 4 is 216 Å². The Balaban J connectivity index is 0.000000179. The standard InChI is InChI=1S/C23H20FN5O2S.C19H17BrFN5O2.C14H9BrFN3O2.C13H7BrFN3O2.CH4.I3.I2.HI/c1-23(2)22(31)25-8-9-28(23)21(30)19-12-29-20(26-19)17(15-7-10-32-13-15)11-18(27-29)14-3-5-16(24)6-4-14;1-19(2)18(28)22-7-8-25(19)17(27)15-10-26-16(23-15)13(20)9-14(24-26)11-3-5-12(21)6-4-11;1-21-14(20)12-7-19-13(17-12)10(15)6-11(18-19)8-2-4-9(16)5-3-8;14-9-5-10(7-1-3-8(15)4-2-7)17-18-6-11(13(19)20)16-12(9)18;;1-3-2;1-2;/h3-7,10-13H,8-9H2,1-2H3,(H,25,31);3-6,9-10H,7-8H2,1-2H3,(H,22,28);2-7H,1H3;1-6H,(H,19,20);1H4;;;1H/q;;;;;-1;;. The van der Waals surface area contributed by atoms with Gasteiger partial charge in [0.1, 0.15) is 45.7 Å². The molecule has 3 N–H and O–H groups in total. The molecule has 11 heterocycles. The number of thiophene rings is 1. The first-order valence-corrected chi connectivity index (χ1v) is 53.0. The molecule has 564 valence electrons. The second-order valence-corrected chi connectivity index (χ2v) is 43.2. The van der Waals surface area contributed by atoms with Crippen LogP contribution in [-0.4, -0.2) is 153 Å². The molecule has 9 aromatic heterocycles. The number of halogens is 13. The Hall–Kier alpha value is -6.58. The predicted octanol–water partition coefficient (Wildman–Crippen LogP) is 14.1. The number of fused-ring (bicyclic) bond motifs is 4. The topological polar surface area (TPSA) is 283 Å². The summed E-state index contributed by atoms with van der Waals surface area (Å²) in [5.74, 6) is -3.99. The monoisotopic (exact) mass is 2360 g/mol. The Kier molecular flexibility index (Phi) is 31.1. The zero-order valence-electron chi connectivity index (χ0n) is 55.8. The minimum absolute atomic E-state index is 0. The molecule has 2 fully saturated rings. The second kappa shape index (κ2) is 38.6. The van der Waals surface area contributed by atoms with Crippen LogP contribution >= 0.6 is 158 Å². The van der Waals surface area contributed by atoms with Crippen LogP contribution in [0.2, 0.25) is 0 Å². The van der Waals surface area contributed by atoms with Gasteiger partial charge < -0.3 is 30.3 Å². The predicted molar refractivity (Wildman–Crippen MR) is 453 cm³/mol. The molecule has 2 aliphatic heterocycles. The Morgan fingerprint density at radius 2 is 0.815 bits per heavy atom. The minimum atomic E-state index is -1.12. The Labute approximate surface area is 713 Å². The van der Waals surface area contributed by atoms with E-state index in [9.17, 15) is 46.3 Å². The third-order valence-corrected chi connectivity index (χ3v) is 18.6. The molecule has 0 spiro atoms. The summed E-state index contributed by atoms with van der Waals surface area (Å²) in [5.41, 5.74) is 7.66. The maximum Gasteiger partial charge on any atom is 0.356 e. The fourth-order valence-corrected chi connectivity index (χ4v) is 12.9. The maximum atomic E-state index is 13.4. The smallest absolute Gasteiger partial charge is 0.356 e. The summed E-state index contributed by atoms with van der Waals surface area (Å²) < 4.78 is 65.0. The number of piperazine rings is 2. The average molecular weight is 2360 g/mol. The van der Waals surface area contributed by atoms with E-state index in [1.165, 1.54) is 92.7 Å². The van der Waals surface area contributed by atoms with Gasteiger partial charge in [-0.25, -0.2) is 65.1 Å². The van der Waals surface area contributed by atoms with Crippen LogP contribution in [0.3, 0.4) is 0 Å². The summed E-state index contributed by atoms with van der Waals surface area (Å²) >= 11 is 21.3. The van der Waals surface area contributed by atoms with Crippen molar-refractivity contribution in [1.82, 2.24) is 78.8 Å². The van der Waals surface area contributed by atoms with E-state index < -0.39 is 23.0 Å². The van der Waals surface area contributed by atoms with E-state index in [-0.39, 0.29) is 101 Å². The van der Waals surface area contributed by atoms with Crippen molar-refractivity contribution in [1.29, 1.82) is 0 Å². The molecule has 0 atom stereocenters. The van der Waals surface area contributed by atoms with Gasteiger partial charge in [0.15, 0.2) is 34.0 Å². The van der Waals surface area contributed by atoms with Crippen LogP contribution in [0.5, 0.6) is 0 Å². The molecule has 0 bridgehead atoms. The number of aromatic carboxylic acids is 1. The van der Waals surface area contributed by atoms with Gasteiger partial charge in [-0.3, -0.25) is 19.2 Å². The van der Waals surface area contributed by atoms with Crippen LogP contribution in [0.4, 0.5) is 17.6 Å². The minimum Gasteiger partial charge on any atom is -0.476 e. The van der Waals surface area contributed by atoms with Crippen LogP contribution in [-0.2, 0) is 14.3 Å². The SMILES string of the molecule is C.CC1(C)C(=O)NCCN1C(=O)c1cn2nc(-c3ccc(F)cc3)cc(-c3ccsc3)c2n1.CC1(C)C(=O)NCCN1C(=O)c1cn2nc(-c3ccc(F)cc3)cc(Br)c2n1.COC(=O)c1cn2nc(-c3ccc(F)cc3)cc(Br)c2n1.I.II.I[I-]I.O=C(O)c1cn2nc(-c3ccc(F)cc3)cc(Br)c2n1. The number of nitrogens with one attached hydrogen (secondary N) is 2. The molecule has 38 heteroatoms. The average Bonchev–Trinajstić information content (AvgIpc) is 1.72. The van der Waals surface area contributed by atoms with Crippen LogP contribution in [0.15, 0.2) is 176 Å². The van der Waals surface area contributed by atoms with Gasteiger partial charge in [-0.2, -0.15) is 31.7 Å². The number of methoxy groups -OCH3 is 1. The van der Waals surface area contributed by atoms with Crippen LogP contribution in [0.1, 0.15) is 77.1 Å². The number of carboxylic acid groups (broad SMARTS) is 1. The Morgan fingerprint density at radius 3 is 1.15 bits per heavy atom. The van der Waals surface area contributed by atoms with Crippen LogP contribution < -0.4 is 23.9 Å². The van der Waals surface area contributed by atoms with Gasteiger partial charge in [-0.05, 0) is 219 Å². The number of hydrogen-bond donors (Lipinski definition) is 3. The quantitative estimate of drug-likeness (QED) is 0.0688. The maximum absolute atomic E-state index is 13.4. The van der Waals surface area contributed by atoms with E-state index in [0.29, 0.717) is 98.2 Å². The van der Waals surface area contributed by atoms with E-state index in [1.54, 1.807) is 121 Å². The van der Waals surface area contributed by atoms with Crippen LogP contribution in [0, 0.1) is 23.3 Å². The molecule has 0 saturated carbocycles. The number of rotatable bonds is 9. The van der Waals surface area contributed by atoms with Crippen LogP contribution in [0.25, 0.3) is 78.7 Å². The van der Waals surface area contributed by atoms with Crippen molar-refractivity contribution < 1.29 is 69.4 Å². The number of esters is 1. The fraction of sp³-hybridized carbons (Fsp3) is 0.171.